The molecular weight excluding hydrogens is 360 g/mol. The molecular formula is C21H38N2O5. The highest BCUT2D eigenvalue weighted by atomic mass is 16.6. The number of hydrogen-bond acceptors (Lipinski definition) is 7. The van der Waals surface area contributed by atoms with E-state index in [0.29, 0.717) is 13.2 Å². The van der Waals surface area contributed by atoms with Crippen molar-refractivity contribution in [1.29, 1.82) is 0 Å². The Balaban J connectivity index is 1.65. The molecule has 0 aromatic carbocycles. The fourth-order valence-electron chi connectivity index (χ4n) is 5.03. The van der Waals surface area contributed by atoms with Crippen LogP contribution in [-0.2, 0) is 23.7 Å². The first-order chi connectivity index (χ1) is 13.6. The molecule has 2 heterocycles. The first-order valence-electron chi connectivity index (χ1n) is 11.0. The van der Waals surface area contributed by atoms with E-state index in [1.807, 2.05) is 6.92 Å². The molecule has 0 N–H and O–H groups in total. The van der Waals surface area contributed by atoms with Gasteiger partial charge in [-0.2, -0.15) is 0 Å². The number of ether oxygens (including phenoxy) is 4. The zero-order valence-corrected chi connectivity index (χ0v) is 17.9. The molecule has 0 amide bonds. The van der Waals surface area contributed by atoms with Crippen molar-refractivity contribution in [2.45, 2.75) is 76.5 Å². The van der Waals surface area contributed by atoms with Gasteiger partial charge in [-0.05, 0) is 58.3 Å². The molecule has 0 aromatic heterocycles. The average molecular weight is 399 g/mol. The number of likely N-dealkylation sites (tertiary alicyclic amines) is 2. The van der Waals surface area contributed by atoms with Gasteiger partial charge >= 0.3 is 5.97 Å². The van der Waals surface area contributed by atoms with Gasteiger partial charge in [0.2, 0.25) is 0 Å². The maximum Gasteiger partial charge on any atom is 0.308 e. The van der Waals surface area contributed by atoms with Gasteiger partial charge < -0.3 is 18.9 Å². The summed E-state index contributed by atoms with van der Waals surface area (Å²) in [6, 6.07) is 0. The molecule has 162 valence electrons. The number of carbonyl (C=O) groups is 1. The Morgan fingerprint density at radius 2 is 1.79 bits per heavy atom. The molecule has 7 heteroatoms. The summed E-state index contributed by atoms with van der Waals surface area (Å²) >= 11 is 0. The fourth-order valence-corrected chi connectivity index (χ4v) is 5.03. The Morgan fingerprint density at radius 1 is 1.07 bits per heavy atom. The third kappa shape index (κ3) is 4.87. The minimum Gasteiger partial charge on any atom is -0.466 e. The second-order valence-corrected chi connectivity index (χ2v) is 8.31. The van der Waals surface area contributed by atoms with Gasteiger partial charge in [-0.1, -0.05) is 0 Å². The fraction of sp³-hybridized carbons (Fsp3) is 0.952. The summed E-state index contributed by atoms with van der Waals surface area (Å²) in [4.78, 5) is 16.9. The van der Waals surface area contributed by atoms with Crippen LogP contribution in [0.15, 0.2) is 0 Å². The Morgan fingerprint density at radius 3 is 2.39 bits per heavy atom. The summed E-state index contributed by atoms with van der Waals surface area (Å²) in [7, 11) is 3.52. The number of carbonyl (C=O) groups excluding carboxylic acids is 1. The van der Waals surface area contributed by atoms with Crippen LogP contribution >= 0.6 is 0 Å². The van der Waals surface area contributed by atoms with Crippen LogP contribution in [0.25, 0.3) is 0 Å². The van der Waals surface area contributed by atoms with Crippen molar-refractivity contribution in [2.75, 3.05) is 47.1 Å². The first-order valence-corrected chi connectivity index (χ1v) is 11.0. The van der Waals surface area contributed by atoms with Crippen molar-refractivity contribution in [3.05, 3.63) is 0 Å². The molecule has 0 aromatic rings. The molecule has 0 spiro atoms. The largest absolute Gasteiger partial charge is 0.466 e. The summed E-state index contributed by atoms with van der Waals surface area (Å²) in [6.45, 7) is 5.95. The number of hydrogen-bond donors (Lipinski definition) is 0. The minimum atomic E-state index is -0.413. The molecule has 2 atom stereocenters. The Hall–Kier alpha value is -0.730. The highest BCUT2D eigenvalue weighted by Gasteiger charge is 2.48. The zero-order valence-electron chi connectivity index (χ0n) is 17.9. The second kappa shape index (κ2) is 10.3. The van der Waals surface area contributed by atoms with Gasteiger partial charge in [0.1, 0.15) is 5.72 Å². The van der Waals surface area contributed by atoms with E-state index < -0.39 is 5.72 Å². The molecule has 3 rings (SSSR count). The van der Waals surface area contributed by atoms with Crippen molar-refractivity contribution in [3.8, 4) is 0 Å². The van der Waals surface area contributed by atoms with Crippen LogP contribution in [0, 0.1) is 5.92 Å². The van der Waals surface area contributed by atoms with E-state index in [4.69, 9.17) is 18.9 Å². The number of nitrogens with zero attached hydrogens (tertiary/aromatic N) is 2. The molecule has 7 nitrogen and oxygen atoms in total. The van der Waals surface area contributed by atoms with E-state index in [9.17, 15) is 4.79 Å². The Kier molecular flexibility index (Phi) is 8.12. The standard InChI is InChI=1S/C21H38N2O5/c1-4-27-19(24)17-8-10-18(11-9-17)28-20(22-13-5-6-14-22)23-15-7-12-21(23,26-3)16-25-2/h17-18,20H,4-16H2,1-3H3/t17?,18?,20?,21-/m1/s1. The van der Waals surface area contributed by atoms with Crippen molar-refractivity contribution in [2.24, 2.45) is 5.92 Å². The lowest BCUT2D eigenvalue weighted by atomic mass is 9.87. The molecule has 0 radical (unpaired) electrons. The van der Waals surface area contributed by atoms with Gasteiger partial charge in [-0.15, -0.1) is 0 Å². The summed E-state index contributed by atoms with van der Waals surface area (Å²) in [5.74, 6) is -0.0153. The molecule has 3 fully saturated rings. The van der Waals surface area contributed by atoms with Gasteiger partial charge in [0.15, 0.2) is 6.35 Å². The summed E-state index contributed by atoms with van der Waals surface area (Å²) in [6.07, 6.45) is 8.09. The Labute approximate surface area is 169 Å². The second-order valence-electron chi connectivity index (χ2n) is 8.31. The van der Waals surface area contributed by atoms with E-state index in [1.165, 1.54) is 12.8 Å². The quantitative estimate of drug-likeness (QED) is 0.553. The average Bonchev–Trinajstić information content (AvgIpc) is 3.38. The van der Waals surface area contributed by atoms with Crippen LogP contribution in [0.3, 0.4) is 0 Å². The van der Waals surface area contributed by atoms with Crippen molar-refractivity contribution >= 4 is 5.97 Å². The predicted octanol–water partition coefficient (Wildman–Crippen LogP) is 2.59. The Bertz CT molecular complexity index is 491. The molecule has 2 aliphatic heterocycles. The number of rotatable bonds is 9. The monoisotopic (exact) mass is 398 g/mol. The van der Waals surface area contributed by atoms with Crippen LogP contribution in [0.5, 0.6) is 0 Å². The number of methoxy groups -OCH3 is 2. The highest BCUT2D eigenvalue weighted by molar-refractivity contribution is 5.72. The van der Waals surface area contributed by atoms with Crippen molar-refractivity contribution < 1.29 is 23.7 Å². The van der Waals surface area contributed by atoms with Crippen molar-refractivity contribution in [3.63, 3.8) is 0 Å². The van der Waals surface area contributed by atoms with E-state index >= 15 is 0 Å². The van der Waals surface area contributed by atoms with Crippen LogP contribution < -0.4 is 0 Å². The van der Waals surface area contributed by atoms with E-state index in [2.05, 4.69) is 9.80 Å². The van der Waals surface area contributed by atoms with E-state index in [0.717, 1.165) is 58.2 Å². The topological polar surface area (TPSA) is 60.5 Å². The lowest BCUT2D eigenvalue weighted by Crippen LogP contribution is -2.60. The normalized spacial score (nSPS) is 33.2. The number of esters is 1. The highest BCUT2D eigenvalue weighted by Crippen LogP contribution is 2.36. The van der Waals surface area contributed by atoms with Gasteiger partial charge in [0.25, 0.3) is 0 Å². The predicted molar refractivity (Wildman–Crippen MR) is 106 cm³/mol. The molecule has 1 unspecified atom stereocenters. The molecule has 2 saturated heterocycles. The SMILES string of the molecule is CCOC(=O)C1CCC(OC(N2CCCC2)N2CCC[C@]2(COC)OC)CC1. The van der Waals surface area contributed by atoms with Crippen molar-refractivity contribution in [1.82, 2.24) is 9.80 Å². The van der Waals surface area contributed by atoms with Crippen LogP contribution in [0.4, 0.5) is 0 Å². The maximum absolute atomic E-state index is 12.0. The molecule has 28 heavy (non-hydrogen) atoms. The zero-order chi connectivity index (χ0) is 20.0. The van der Waals surface area contributed by atoms with Crippen LogP contribution in [-0.4, -0.2) is 81.0 Å². The maximum atomic E-state index is 12.0. The molecule has 0 bridgehead atoms. The lowest BCUT2D eigenvalue weighted by molar-refractivity contribution is -0.259. The lowest BCUT2D eigenvalue weighted by Gasteiger charge is -2.46. The molecule has 1 aliphatic carbocycles. The minimum absolute atomic E-state index is 0.0309. The van der Waals surface area contributed by atoms with Gasteiger partial charge in [-0.25, -0.2) is 4.90 Å². The van der Waals surface area contributed by atoms with E-state index in [-0.39, 0.29) is 24.3 Å². The van der Waals surface area contributed by atoms with Gasteiger partial charge in [0, 0.05) is 33.9 Å². The third-order valence-corrected chi connectivity index (χ3v) is 6.57. The summed E-state index contributed by atoms with van der Waals surface area (Å²) < 4.78 is 23.4. The summed E-state index contributed by atoms with van der Waals surface area (Å²) in [5.41, 5.74) is -0.413. The van der Waals surface area contributed by atoms with Gasteiger partial charge in [-0.3, -0.25) is 9.69 Å². The van der Waals surface area contributed by atoms with Crippen LogP contribution in [0.1, 0.15) is 58.3 Å². The van der Waals surface area contributed by atoms with Gasteiger partial charge in [0.05, 0.1) is 25.2 Å². The third-order valence-electron chi connectivity index (χ3n) is 6.57. The first kappa shape index (κ1) is 22.0. The summed E-state index contributed by atoms with van der Waals surface area (Å²) in [5, 5.41) is 0. The van der Waals surface area contributed by atoms with Crippen LogP contribution in [0.2, 0.25) is 0 Å². The van der Waals surface area contributed by atoms with E-state index in [1.54, 1.807) is 14.2 Å². The molecule has 3 aliphatic rings. The molecule has 1 saturated carbocycles. The smallest absolute Gasteiger partial charge is 0.308 e.